The van der Waals surface area contributed by atoms with Crippen LogP contribution in [0.1, 0.15) is 17.2 Å². The van der Waals surface area contributed by atoms with Crippen LogP contribution < -0.4 is 10.6 Å². The van der Waals surface area contributed by atoms with Gasteiger partial charge in [-0.15, -0.1) is 0 Å². The summed E-state index contributed by atoms with van der Waals surface area (Å²) in [5, 5.41) is 10.1. The SMILES string of the molecule is CN1CCN(C(CNC(=O)C(=O)NCc2ccccc2Cl)c2ccsc2)CC1. The highest BCUT2D eigenvalue weighted by Gasteiger charge is 2.25. The molecule has 0 bridgehead atoms. The summed E-state index contributed by atoms with van der Waals surface area (Å²) in [5.74, 6) is -1.27. The molecule has 1 aliphatic rings. The van der Waals surface area contributed by atoms with Gasteiger partial charge in [0.1, 0.15) is 0 Å². The van der Waals surface area contributed by atoms with E-state index in [2.05, 4.69) is 38.9 Å². The number of carbonyl (C=O) groups is 2. The lowest BCUT2D eigenvalue weighted by Gasteiger charge is -2.37. The van der Waals surface area contributed by atoms with Gasteiger partial charge in [0.15, 0.2) is 0 Å². The van der Waals surface area contributed by atoms with Crippen LogP contribution in [0.5, 0.6) is 0 Å². The number of hydrogen-bond acceptors (Lipinski definition) is 5. The predicted molar refractivity (Wildman–Crippen MR) is 112 cm³/mol. The molecule has 2 heterocycles. The van der Waals surface area contributed by atoms with Crippen LogP contribution in [0.4, 0.5) is 0 Å². The third-order valence-electron chi connectivity index (χ3n) is 4.97. The van der Waals surface area contributed by atoms with Crippen LogP contribution in [0.2, 0.25) is 5.02 Å². The number of rotatable bonds is 6. The number of hydrogen-bond donors (Lipinski definition) is 2. The van der Waals surface area contributed by atoms with E-state index in [4.69, 9.17) is 11.6 Å². The molecule has 1 aromatic carbocycles. The fourth-order valence-electron chi connectivity index (χ4n) is 3.22. The van der Waals surface area contributed by atoms with Crippen LogP contribution in [0.15, 0.2) is 41.1 Å². The maximum atomic E-state index is 12.3. The van der Waals surface area contributed by atoms with Gasteiger partial charge in [-0.1, -0.05) is 29.8 Å². The number of amides is 2. The molecule has 2 N–H and O–H groups in total. The van der Waals surface area contributed by atoms with Crippen molar-refractivity contribution in [1.82, 2.24) is 20.4 Å². The second kappa shape index (κ2) is 10.0. The molecule has 150 valence electrons. The monoisotopic (exact) mass is 420 g/mol. The van der Waals surface area contributed by atoms with E-state index in [9.17, 15) is 9.59 Å². The zero-order chi connectivity index (χ0) is 19.9. The molecule has 2 aromatic rings. The summed E-state index contributed by atoms with van der Waals surface area (Å²) in [5.41, 5.74) is 1.95. The molecular formula is C20H25ClN4O2S. The highest BCUT2D eigenvalue weighted by Crippen LogP contribution is 2.23. The summed E-state index contributed by atoms with van der Waals surface area (Å²) in [4.78, 5) is 29.1. The van der Waals surface area contributed by atoms with Crippen molar-refractivity contribution in [3.05, 3.63) is 57.2 Å². The Bertz CT molecular complexity index is 791. The highest BCUT2D eigenvalue weighted by molar-refractivity contribution is 7.08. The first-order valence-corrected chi connectivity index (χ1v) is 10.6. The Morgan fingerprint density at radius 1 is 1.11 bits per heavy atom. The van der Waals surface area contributed by atoms with Crippen LogP contribution >= 0.6 is 22.9 Å². The first kappa shape index (κ1) is 20.8. The molecule has 1 atom stereocenters. The molecule has 1 saturated heterocycles. The van der Waals surface area contributed by atoms with Crippen LogP contribution in [-0.2, 0) is 16.1 Å². The molecule has 1 fully saturated rings. The lowest BCUT2D eigenvalue weighted by atomic mass is 10.1. The van der Waals surface area contributed by atoms with Crippen molar-refractivity contribution in [2.75, 3.05) is 39.8 Å². The van der Waals surface area contributed by atoms with E-state index in [1.807, 2.05) is 23.6 Å². The van der Waals surface area contributed by atoms with Crippen molar-refractivity contribution in [2.45, 2.75) is 12.6 Å². The van der Waals surface area contributed by atoms with Gasteiger partial charge in [0.25, 0.3) is 0 Å². The summed E-state index contributed by atoms with van der Waals surface area (Å²) in [6, 6.07) is 9.39. The largest absolute Gasteiger partial charge is 0.346 e. The number of piperazine rings is 1. The van der Waals surface area contributed by atoms with Gasteiger partial charge in [0, 0.05) is 44.3 Å². The smallest absolute Gasteiger partial charge is 0.309 e. The summed E-state index contributed by atoms with van der Waals surface area (Å²) in [6.07, 6.45) is 0. The second-order valence-corrected chi connectivity index (χ2v) is 8.08. The maximum Gasteiger partial charge on any atom is 0.309 e. The van der Waals surface area contributed by atoms with Gasteiger partial charge in [-0.2, -0.15) is 11.3 Å². The number of halogens is 1. The number of carbonyl (C=O) groups excluding carboxylic acids is 2. The molecule has 1 unspecified atom stereocenters. The topological polar surface area (TPSA) is 64.7 Å². The summed E-state index contributed by atoms with van der Waals surface area (Å²) < 4.78 is 0. The van der Waals surface area contributed by atoms with E-state index in [1.165, 1.54) is 5.56 Å². The Hall–Kier alpha value is -1.93. The minimum absolute atomic E-state index is 0.0697. The number of benzene rings is 1. The summed E-state index contributed by atoms with van der Waals surface area (Å²) in [7, 11) is 2.11. The molecule has 1 aliphatic heterocycles. The Morgan fingerprint density at radius 3 is 2.50 bits per heavy atom. The van der Waals surface area contributed by atoms with Gasteiger partial charge in [0.05, 0.1) is 6.04 Å². The highest BCUT2D eigenvalue weighted by atomic mass is 35.5. The minimum Gasteiger partial charge on any atom is -0.346 e. The summed E-state index contributed by atoms with van der Waals surface area (Å²) in [6.45, 7) is 4.48. The zero-order valence-corrected chi connectivity index (χ0v) is 17.4. The Balaban J connectivity index is 1.54. The van der Waals surface area contributed by atoms with Crippen molar-refractivity contribution < 1.29 is 9.59 Å². The Labute approximate surface area is 174 Å². The Morgan fingerprint density at radius 2 is 1.82 bits per heavy atom. The van der Waals surface area contributed by atoms with Crippen molar-refractivity contribution in [1.29, 1.82) is 0 Å². The summed E-state index contributed by atoms with van der Waals surface area (Å²) >= 11 is 7.72. The van der Waals surface area contributed by atoms with E-state index < -0.39 is 11.8 Å². The molecule has 28 heavy (non-hydrogen) atoms. The van der Waals surface area contributed by atoms with E-state index in [1.54, 1.807) is 17.4 Å². The third kappa shape index (κ3) is 5.54. The first-order valence-electron chi connectivity index (χ1n) is 9.28. The van der Waals surface area contributed by atoms with E-state index >= 15 is 0 Å². The maximum absolute atomic E-state index is 12.3. The molecule has 6 nitrogen and oxygen atoms in total. The van der Waals surface area contributed by atoms with Gasteiger partial charge < -0.3 is 15.5 Å². The normalized spacial score (nSPS) is 16.5. The van der Waals surface area contributed by atoms with Crippen LogP contribution in [0.25, 0.3) is 0 Å². The molecule has 0 aliphatic carbocycles. The van der Waals surface area contributed by atoms with E-state index in [0.29, 0.717) is 11.6 Å². The predicted octanol–water partition coefficient (Wildman–Crippen LogP) is 2.12. The fourth-order valence-corrected chi connectivity index (χ4v) is 4.13. The molecule has 3 rings (SSSR count). The number of nitrogens with zero attached hydrogens (tertiary/aromatic N) is 2. The lowest BCUT2D eigenvalue weighted by Crippen LogP contribution is -2.49. The van der Waals surface area contributed by atoms with E-state index in [0.717, 1.165) is 31.7 Å². The standard InChI is InChI=1S/C20H25ClN4O2S/c1-24-7-9-25(10-8-24)18(16-6-11-28-14-16)13-23-20(27)19(26)22-12-15-4-2-3-5-17(15)21/h2-6,11,14,18H,7-10,12-13H2,1H3,(H,22,26)(H,23,27). The second-order valence-electron chi connectivity index (χ2n) is 6.90. The molecule has 2 amide bonds. The third-order valence-corrected chi connectivity index (χ3v) is 6.04. The van der Waals surface area contributed by atoms with Gasteiger partial charge in [0.2, 0.25) is 0 Å². The quantitative estimate of drug-likeness (QED) is 0.702. The number of nitrogens with one attached hydrogen (secondary N) is 2. The van der Waals surface area contributed by atoms with Crippen molar-refractivity contribution >= 4 is 34.8 Å². The number of thiophene rings is 1. The van der Waals surface area contributed by atoms with Gasteiger partial charge in [-0.05, 0) is 41.1 Å². The average molecular weight is 421 g/mol. The molecule has 0 saturated carbocycles. The molecule has 0 spiro atoms. The van der Waals surface area contributed by atoms with Crippen molar-refractivity contribution in [2.24, 2.45) is 0 Å². The molecule has 1 aromatic heterocycles. The van der Waals surface area contributed by atoms with Gasteiger partial charge >= 0.3 is 11.8 Å². The van der Waals surface area contributed by atoms with Crippen molar-refractivity contribution in [3.63, 3.8) is 0 Å². The average Bonchev–Trinajstić information content (AvgIpc) is 3.23. The minimum atomic E-state index is -0.651. The zero-order valence-electron chi connectivity index (χ0n) is 15.9. The van der Waals surface area contributed by atoms with Gasteiger partial charge in [-0.3, -0.25) is 14.5 Å². The molecule has 8 heteroatoms. The van der Waals surface area contributed by atoms with E-state index in [-0.39, 0.29) is 12.6 Å². The van der Waals surface area contributed by atoms with Gasteiger partial charge in [-0.25, -0.2) is 0 Å². The van der Waals surface area contributed by atoms with Crippen LogP contribution in [0, 0.1) is 0 Å². The Kier molecular flexibility index (Phi) is 7.44. The number of likely N-dealkylation sites (N-methyl/N-ethyl adjacent to an activating group) is 1. The molecule has 0 radical (unpaired) electrons. The fraction of sp³-hybridized carbons (Fsp3) is 0.400. The van der Waals surface area contributed by atoms with Crippen LogP contribution in [-0.4, -0.2) is 61.4 Å². The molecular weight excluding hydrogens is 396 g/mol. The first-order chi connectivity index (χ1) is 13.5. The lowest BCUT2D eigenvalue weighted by molar-refractivity contribution is -0.139. The van der Waals surface area contributed by atoms with Crippen molar-refractivity contribution in [3.8, 4) is 0 Å². The van der Waals surface area contributed by atoms with Crippen LogP contribution in [0.3, 0.4) is 0 Å².